The second-order valence-electron chi connectivity index (χ2n) is 9.09. The molecule has 2 aliphatic rings. The fourth-order valence-electron chi connectivity index (χ4n) is 4.56. The number of ether oxygens (including phenoxy) is 2. The molecule has 0 unspecified atom stereocenters. The third-order valence-corrected chi connectivity index (χ3v) is 8.47. The van der Waals surface area contributed by atoms with E-state index < -0.39 is 0 Å². The van der Waals surface area contributed by atoms with Crippen molar-refractivity contribution in [3.63, 3.8) is 0 Å². The van der Waals surface area contributed by atoms with Gasteiger partial charge < -0.3 is 9.47 Å². The lowest BCUT2D eigenvalue weighted by atomic mass is 9.94. The predicted molar refractivity (Wildman–Crippen MR) is 154 cm³/mol. The molecule has 2 fully saturated rings. The number of hydrogen-bond acceptors (Lipinski definition) is 8. The molecule has 1 aromatic heterocycles. The van der Waals surface area contributed by atoms with Gasteiger partial charge in [-0.15, -0.1) is 10.2 Å². The van der Waals surface area contributed by atoms with Crippen LogP contribution in [0, 0.1) is 6.92 Å². The molecule has 10 heteroatoms. The first-order valence-electron chi connectivity index (χ1n) is 12.8. The lowest BCUT2D eigenvalue weighted by Gasteiger charge is -2.30. The van der Waals surface area contributed by atoms with E-state index in [0.717, 1.165) is 41.8 Å². The summed E-state index contributed by atoms with van der Waals surface area (Å²) in [5, 5.41) is 11.0. The third-order valence-electron chi connectivity index (χ3n) is 6.39. The Bertz CT molecular complexity index is 1370. The summed E-state index contributed by atoms with van der Waals surface area (Å²) < 4.78 is 11.9. The van der Waals surface area contributed by atoms with Gasteiger partial charge in [-0.25, -0.2) is 0 Å². The van der Waals surface area contributed by atoms with E-state index in [4.69, 9.17) is 26.1 Å². The van der Waals surface area contributed by atoms with Crippen LogP contribution in [0.25, 0.3) is 6.08 Å². The Hall–Kier alpha value is -2.88. The minimum Gasteiger partial charge on any atom is -0.490 e. The molecular weight excluding hydrogens is 540 g/mol. The van der Waals surface area contributed by atoms with Crippen molar-refractivity contribution in [2.75, 3.05) is 6.61 Å². The Kier molecular flexibility index (Phi) is 8.66. The number of thioether (sulfide) groups is 1. The van der Waals surface area contributed by atoms with Crippen molar-refractivity contribution in [2.24, 2.45) is 4.99 Å². The molecule has 1 saturated heterocycles. The van der Waals surface area contributed by atoms with Gasteiger partial charge >= 0.3 is 0 Å². The quantitative estimate of drug-likeness (QED) is 0.263. The molecule has 5 rings (SSSR count). The highest BCUT2D eigenvalue weighted by molar-refractivity contribution is 8.18. The summed E-state index contributed by atoms with van der Waals surface area (Å²) in [4.78, 5) is 20.9. The van der Waals surface area contributed by atoms with E-state index in [0.29, 0.717) is 44.9 Å². The number of rotatable bonds is 8. The molecule has 0 spiro atoms. The van der Waals surface area contributed by atoms with Crippen LogP contribution < -0.4 is 9.47 Å². The first-order valence-corrected chi connectivity index (χ1v) is 14.8. The molecule has 1 aliphatic carbocycles. The Morgan fingerprint density at radius 3 is 2.66 bits per heavy atom. The molecule has 1 amide bonds. The predicted octanol–water partition coefficient (Wildman–Crippen LogP) is 7.41. The van der Waals surface area contributed by atoms with Gasteiger partial charge in [0.25, 0.3) is 5.91 Å². The van der Waals surface area contributed by atoms with Crippen LogP contribution in [0.1, 0.15) is 55.2 Å². The largest absolute Gasteiger partial charge is 0.490 e. The summed E-state index contributed by atoms with van der Waals surface area (Å²) in [6.07, 6.45) is 7.32. The molecule has 2 heterocycles. The highest BCUT2D eigenvalue weighted by atomic mass is 35.5. The zero-order valence-electron chi connectivity index (χ0n) is 21.4. The molecule has 3 aromatic rings. The van der Waals surface area contributed by atoms with Crippen LogP contribution in [0.3, 0.4) is 0 Å². The molecule has 0 radical (unpaired) electrons. The molecular formula is C28H29ClN4O3S2. The number of carbonyl (C=O) groups is 1. The number of nitrogens with zero attached hydrogens (tertiary/aromatic N) is 4. The Labute approximate surface area is 235 Å². The monoisotopic (exact) mass is 568 g/mol. The van der Waals surface area contributed by atoms with E-state index in [1.165, 1.54) is 29.5 Å². The Morgan fingerprint density at radius 1 is 1.11 bits per heavy atom. The van der Waals surface area contributed by atoms with Crippen molar-refractivity contribution in [2.45, 2.75) is 58.6 Å². The maximum atomic E-state index is 13.6. The number of hydrogen-bond donors (Lipinski definition) is 0. The average Bonchev–Trinajstić information content (AvgIpc) is 3.47. The molecule has 7 nitrogen and oxygen atoms in total. The summed E-state index contributed by atoms with van der Waals surface area (Å²) in [5.74, 6) is 1.22. The Balaban J connectivity index is 1.41. The van der Waals surface area contributed by atoms with Crippen molar-refractivity contribution in [1.82, 2.24) is 15.1 Å². The van der Waals surface area contributed by atoms with Crippen LogP contribution >= 0.6 is 34.7 Å². The van der Waals surface area contributed by atoms with Crippen LogP contribution in [0.5, 0.6) is 11.5 Å². The molecule has 38 heavy (non-hydrogen) atoms. The van der Waals surface area contributed by atoms with Gasteiger partial charge in [0, 0.05) is 16.6 Å². The number of aryl methyl sites for hydroxylation is 1. The fraction of sp³-hybridized carbons (Fsp3) is 0.357. The summed E-state index contributed by atoms with van der Waals surface area (Å²) in [6.45, 7) is 4.65. The van der Waals surface area contributed by atoms with Gasteiger partial charge in [-0.05, 0) is 68.3 Å². The van der Waals surface area contributed by atoms with Crippen LogP contribution in [-0.2, 0) is 11.4 Å². The SMILES string of the molecule is CCOc1cc(/C=C2\S/C(=N/c3nnc(C)s3)N(C3CCCCC3)C2=O)ccc1OCc1ccccc1Cl. The van der Waals surface area contributed by atoms with E-state index in [1.54, 1.807) is 0 Å². The molecule has 2 aromatic carbocycles. The second kappa shape index (κ2) is 12.3. The maximum absolute atomic E-state index is 13.6. The highest BCUT2D eigenvalue weighted by Gasteiger charge is 2.39. The van der Waals surface area contributed by atoms with Crippen molar-refractivity contribution in [3.8, 4) is 11.5 Å². The lowest BCUT2D eigenvalue weighted by molar-refractivity contribution is -0.124. The molecule has 0 bridgehead atoms. The van der Waals surface area contributed by atoms with Crippen molar-refractivity contribution in [1.29, 1.82) is 0 Å². The maximum Gasteiger partial charge on any atom is 0.267 e. The minimum atomic E-state index is -0.0149. The average molecular weight is 569 g/mol. The first-order chi connectivity index (χ1) is 18.5. The van der Waals surface area contributed by atoms with Gasteiger partial charge in [0.05, 0.1) is 11.5 Å². The number of benzene rings is 2. The number of amidine groups is 1. The normalized spacial score (nSPS) is 18.5. The molecule has 1 aliphatic heterocycles. The van der Waals surface area contributed by atoms with Crippen molar-refractivity contribution in [3.05, 3.63) is 68.5 Å². The van der Waals surface area contributed by atoms with E-state index >= 15 is 0 Å². The van der Waals surface area contributed by atoms with Crippen LogP contribution in [0.4, 0.5) is 5.13 Å². The fourth-order valence-corrected chi connectivity index (χ4v) is 6.41. The summed E-state index contributed by atoms with van der Waals surface area (Å²) in [5.41, 5.74) is 1.75. The smallest absolute Gasteiger partial charge is 0.267 e. The van der Waals surface area contributed by atoms with Crippen LogP contribution in [0.15, 0.2) is 52.4 Å². The zero-order chi connectivity index (χ0) is 26.5. The first kappa shape index (κ1) is 26.7. The molecule has 198 valence electrons. The lowest BCUT2D eigenvalue weighted by Crippen LogP contribution is -2.40. The van der Waals surface area contributed by atoms with E-state index in [2.05, 4.69) is 10.2 Å². The summed E-state index contributed by atoms with van der Waals surface area (Å²) in [6, 6.07) is 13.5. The van der Waals surface area contributed by atoms with Gasteiger partial charge in [0.1, 0.15) is 11.6 Å². The molecule has 0 atom stereocenters. The summed E-state index contributed by atoms with van der Waals surface area (Å²) >= 11 is 9.10. The minimum absolute atomic E-state index is 0.0149. The third kappa shape index (κ3) is 6.22. The number of amides is 1. The molecule has 0 N–H and O–H groups in total. The van der Waals surface area contributed by atoms with E-state index in [-0.39, 0.29) is 11.9 Å². The van der Waals surface area contributed by atoms with Crippen molar-refractivity contribution >= 4 is 57.0 Å². The number of halogens is 1. The van der Waals surface area contributed by atoms with Gasteiger partial charge in [-0.3, -0.25) is 9.69 Å². The van der Waals surface area contributed by atoms with Crippen LogP contribution in [0.2, 0.25) is 5.02 Å². The van der Waals surface area contributed by atoms with Gasteiger partial charge in [0.2, 0.25) is 5.13 Å². The number of aromatic nitrogens is 2. The molecule has 1 saturated carbocycles. The number of carbonyl (C=O) groups excluding carboxylic acids is 1. The van der Waals surface area contributed by atoms with E-state index in [9.17, 15) is 4.79 Å². The van der Waals surface area contributed by atoms with Crippen LogP contribution in [-0.4, -0.2) is 38.8 Å². The Morgan fingerprint density at radius 2 is 1.92 bits per heavy atom. The van der Waals surface area contributed by atoms with Gasteiger partial charge in [-0.2, -0.15) is 4.99 Å². The number of aliphatic imine (C=N–C) groups is 1. The standard InChI is InChI=1S/C28H29ClN4O3S2/c1-3-35-24-15-19(13-14-23(24)36-17-20-9-7-8-12-22(20)29)16-25-26(34)33(21-10-5-4-6-11-21)28(38-25)30-27-32-31-18(2)37-27/h7-9,12-16,21H,3-6,10-11,17H2,1-2H3/b25-16-,30-28+. The second-order valence-corrected chi connectivity index (χ2v) is 11.7. The highest BCUT2D eigenvalue weighted by Crippen LogP contribution is 2.39. The topological polar surface area (TPSA) is 76.9 Å². The summed E-state index contributed by atoms with van der Waals surface area (Å²) in [7, 11) is 0. The zero-order valence-corrected chi connectivity index (χ0v) is 23.7. The van der Waals surface area contributed by atoms with Crippen molar-refractivity contribution < 1.29 is 14.3 Å². The van der Waals surface area contributed by atoms with Gasteiger partial charge in [0.15, 0.2) is 16.7 Å². The van der Waals surface area contributed by atoms with E-state index in [1.807, 2.05) is 67.3 Å². The van der Waals surface area contributed by atoms with Gasteiger partial charge in [-0.1, -0.05) is 66.5 Å².